The molecule has 0 aromatic carbocycles. The van der Waals surface area contributed by atoms with Crippen molar-refractivity contribution in [1.82, 2.24) is 24.9 Å². The molecule has 2 aromatic rings. The van der Waals surface area contributed by atoms with E-state index in [4.69, 9.17) is 0 Å². The molecular weight excluding hydrogens is 300 g/mol. The van der Waals surface area contributed by atoms with Crippen LogP contribution in [0.2, 0.25) is 0 Å². The van der Waals surface area contributed by atoms with E-state index in [1.807, 2.05) is 0 Å². The van der Waals surface area contributed by atoms with Gasteiger partial charge in [0.2, 0.25) is 0 Å². The summed E-state index contributed by atoms with van der Waals surface area (Å²) in [4.78, 5) is 4.82. The molecule has 1 aliphatic carbocycles. The molecular formula is C18H24N6. The van der Waals surface area contributed by atoms with Crippen LogP contribution in [0.25, 0.3) is 0 Å². The van der Waals surface area contributed by atoms with Gasteiger partial charge in [-0.2, -0.15) is 10.2 Å². The fraction of sp³-hybridized carbons (Fsp3) is 0.611. The Hall–Kier alpha value is -1.95. The average Bonchev–Trinajstić information content (AvgIpc) is 3.23. The van der Waals surface area contributed by atoms with Crippen LogP contribution in [0.3, 0.4) is 0 Å². The van der Waals surface area contributed by atoms with Gasteiger partial charge in [-0.25, -0.2) is 0 Å². The second-order valence-corrected chi connectivity index (χ2v) is 7.45. The Kier molecular flexibility index (Phi) is 3.33. The van der Waals surface area contributed by atoms with Crippen LogP contribution in [0.4, 0.5) is 5.82 Å². The molecule has 0 spiro atoms. The average molecular weight is 324 g/mol. The number of nitrogens with zero attached hydrogens (tertiary/aromatic N) is 6. The maximum Gasteiger partial charge on any atom is 0.151 e. The highest BCUT2D eigenvalue weighted by Crippen LogP contribution is 2.27. The first-order valence-corrected chi connectivity index (χ1v) is 9.12. The van der Waals surface area contributed by atoms with Crippen molar-refractivity contribution in [3.05, 3.63) is 34.8 Å². The topological polar surface area (TPSA) is 50.1 Å². The van der Waals surface area contributed by atoms with E-state index in [1.165, 1.54) is 48.2 Å². The summed E-state index contributed by atoms with van der Waals surface area (Å²) in [6, 6.07) is 2.85. The Balaban J connectivity index is 1.21. The van der Waals surface area contributed by atoms with Crippen molar-refractivity contribution in [2.75, 3.05) is 25.0 Å². The minimum Gasteiger partial charge on any atom is -0.352 e. The van der Waals surface area contributed by atoms with E-state index >= 15 is 0 Å². The van der Waals surface area contributed by atoms with E-state index in [1.54, 1.807) is 0 Å². The number of aromatic nitrogens is 4. The van der Waals surface area contributed by atoms with Crippen LogP contribution in [0.5, 0.6) is 0 Å². The Morgan fingerprint density at radius 3 is 3.00 bits per heavy atom. The molecule has 0 radical (unpaired) electrons. The molecule has 0 atom stereocenters. The standard InChI is InChI=1S/C18H24N6/c1-22(10-14-9-19-24-7-3-6-17(14)24)15-11-23(12-15)18-8-13-4-2-5-16(13)20-21-18/h8-9,15H,2-7,10-12H2,1H3. The molecule has 0 bridgehead atoms. The number of rotatable bonds is 4. The van der Waals surface area contributed by atoms with E-state index in [0.717, 1.165) is 38.4 Å². The van der Waals surface area contributed by atoms with E-state index in [9.17, 15) is 0 Å². The molecule has 24 heavy (non-hydrogen) atoms. The van der Waals surface area contributed by atoms with Crippen LogP contribution in [0.1, 0.15) is 35.4 Å². The van der Waals surface area contributed by atoms with Gasteiger partial charge in [-0.3, -0.25) is 9.58 Å². The van der Waals surface area contributed by atoms with Gasteiger partial charge in [-0.1, -0.05) is 0 Å². The summed E-state index contributed by atoms with van der Waals surface area (Å²) < 4.78 is 2.18. The normalized spacial score (nSPS) is 19.7. The lowest BCUT2D eigenvalue weighted by Gasteiger charge is -2.44. The molecule has 1 fully saturated rings. The van der Waals surface area contributed by atoms with Crippen LogP contribution in [0.15, 0.2) is 12.3 Å². The van der Waals surface area contributed by atoms with Crippen molar-refractivity contribution < 1.29 is 0 Å². The first-order chi connectivity index (χ1) is 11.8. The fourth-order valence-corrected chi connectivity index (χ4v) is 4.25. The lowest BCUT2D eigenvalue weighted by molar-refractivity contribution is 0.196. The zero-order valence-corrected chi connectivity index (χ0v) is 14.3. The molecule has 0 unspecified atom stereocenters. The Labute approximate surface area is 142 Å². The number of fused-ring (bicyclic) bond motifs is 2. The summed E-state index contributed by atoms with van der Waals surface area (Å²) in [5.74, 6) is 1.06. The monoisotopic (exact) mass is 324 g/mol. The largest absolute Gasteiger partial charge is 0.352 e. The molecule has 2 aliphatic heterocycles. The van der Waals surface area contributed by atoms with Gasteiger partial charge in [0.1, 0.15) is 0 Å². The van der Waals surface area contributed by atoms with Crippen LogP contribution in [-0.2, 0) is 32.4 Å². The summed E-state index contributed by atoms with van der Waals surface area (Å²) in [7, 11) is 2.23. The first kappa shape index (κ1) is 14.4. The molecule has 5 rings (SSSR count). The molecule has 6 heteroatoms. The van der Waals surface area contributed by atoms with Crippen molar-refractivity contribution in [2.24, 2.45) is 0 Å². The highest BCUT2D eigenvalue weighted by atomic mass is 15.4. The Morgan fingerprint density at radius 2 is 2.08 bits per heavy atom. The zero-order valence-electron chi connectivity index (χ0n) is 14.3. The number of hydrogen-bond acceptors (Lipinski definition) is 5. The summed E-state index contributed by atoms with van der Waals surface area (Å²) in [6.07, 6.45) is 7.99. The molecule has 0 saturated carbocycles. The summed E-state index contributed by atoms with van der Waals surface area (Å²) in [6.45, 7) is 4.19. The predicted molar refractivity (Wildman–Crippen MR) is 92.1 cm³/mol. The van der Waals surface area contributed by atoms with Crippen molar-refractivity contribution >= 4 is 5.82 Å². The minimum absolute atomic E-state index is 0.594. The smallest absolute Gasteiger partial charge is 0.151 e. The van der Waals surface area contributed by atoms with Gasteiger partial charge in [-0.15, -0.1) is 5.10 Å². The second kappa shape index (κ2) is 5.55. The maximum atomic E-state index is 4.51. The molecule has 6 nitrogen and oxygen atoms in total. The molecule has 3 aliphatic rings. The van der Waals surface area contributed by atoms with Crippen molar-refractivity contribution in [1.29, 1.82) is 0 Å². The molecule has 4 heterocycles. The molecule has 1 saturated heterocycles. The third-order valence-corrected chi connectivity index (χ3v) is 5.85. The maximum absolute atomic E-state index is 4.51. The Morgan fingerprint density at radius 1 is 1.17 bits per heavy atom. The van der Waals surface area contributed by atoms with Gasteiger partial charge in [0, 0.05) is 43.5 Å². The lowest BCUT2D eigenvalue weighted by atomic mass is 10.1. The number of likely N-dealkylation sites (N-methyl/N-ethyl adjacent to an activating group) is 1. The third kappa shape index (κ3) is 2.32. The quantitative estimate of drug-likeness (QED) is 0.851. The van der Waals surface area contributed by atoms with Crippen LogP contribution >= 0.6 is 0 Å². The van der Waals surface area contributed by atoms with Crippen molar-refractivity contribution in [3.8, 4) is 0 Å². The van der Waals surface area contributed by atoms with Crippen molar-refractivity contribution in [3.63, 3.8) is 0 Å². The molecule has 126 valence electrons. The molecule has 2 aromatic heterocycles. The van der Waals surface area contributed by atoms with E-state index in [0.29, 0.717) is 6.04 Å². The summed E-state index contributed by atoms with van der Waals surface area (Å²) in [5, 5.41) is 13.4. The first-order valence-electron chi connectivity index (χ1n) is 9.12. The van der Waals surface area contributed by atoms with E-state index in [2.05, 4.69) is 49.1 Å². The predicted octanol–water partition coefficient (Wildman–Crippen LogP) is 1.43. The van der Waals surface area contributed by atoms with E-state index in [-0.39, 0.29) is 0 Å². The van der Waals surface area contributed by atoms with Gasteiger partial charge in [0.25, 0.3) is 0 Å². The minimum atomic E-state index is 0.594. The summed E-state index contributed by atoms with van der Waals surface area (Å²) >= 11 is 0. The second-order valence-electron chi connectivity index (χ2n) is 7.45. The number of hydrogen-bond donors (Lipinski definition) is 0. The van der Waals surface area contributed by atoms with Gasteiger partial charge in [0.05, 0.1) is 11.9 Å². The van der Waals surface area contributed by atoms with Crippen LogP contribution < -0.4 is 4.90 Å². The SMILES string of the molecule is CN(Cc1cnn2c1CCC2)C1CN(c2cc3c(nn2)CCC3)C1. The molecule has 0 amide bonds. The van der Waals surface area contributed by atoms with Gasteiger partial charge >= 0.3 is 0 Å². The number of anilines is 1. The number of aryl methyl sites for hydroxylation is 3. The lowest BCUT2D eigenvalue weighted by Crippen LogP contribution is -2.58. The van der Waals surface area contributed by atoms with Crippen molar-refractivity contribution in [2.45, 2.75) is 51.2 Å². The summed E-state index contributed by atoms with van der Waals surface area (Å²) in [5.41, 5.74) is 5.48. The van der Waals surface area contributed by atoms with Gasteiger partial charge < -0.3 is 4.90 Å². The van der Waals surface area contributed by atoms with E-state index < -0.39 is 0 Å². The van der Waals surface area contributed by atoms with Crippen LogP contribution in [0, 0.1) is 0 Å². The van der Waals surface area contributed by atoms with Crippen LogP contribution in [-0.4, -0.2) is 51.1 Å². The zero-order chi connectivity index (χ0) is 16.1. The highest BCUT2D eigenvalue weighted by molar-refractivity contribution is 5.45. The molecule has 0 N–H and O–H groups in total. The fourth-order valence-electron chi connectivity index (χ4n) is 4.25. The Bertz CT molecular complexity index is 761. The van der Waals surface area contributed by atoms with Gasteiger partial charge in [0.15, 0.2) is 5.82 Å². The van der Waals surface area contributed by atoms with Gasteiger partial charge in [-0.05, 0) is 50.8 Å². The third-order valence-electron chi connectivity index (χ3n) is 5.85. The highest BCUT2D eigenvalue weighted by Gasteiger charge is 2.32.